The van der Waals surface area contributed by atoms with Crippen molar-refractivity contribution >= 4 is 0 Å². The Morgan fingerprint density at radius 3 is 2.33 bits per heavy atom. The smallest absolute Gasteiger partial charge is 0.0930 e. The van der Waals surface area contributed by atoms with Crippen molar-refractivity contribution in [3.63, 3.8) is 0 Å². The molecule has 0 aromatic rings. The van der Waals surface area contributed by atoms with Gasteiger partial charge in [-0.2, -0.15) is 0 Å². The Hall–Kier alpha value is -0.860. The van der Waals surface area contributed by atoms with Crippen molar-refractivity contribution in [1.82, 2.24) is 4.90 Å². The van der Waals surface area contributed by atoms with E-state index in [9.17, 15) is 5.11 Å². The van der Waals surface area contributed by atoms with Crippen LogP contribution in [-0.2, 0) is 0 Å². The second kappa shape index (κ2) is 8.28. The van der Waals surface area contributed by atoms with Gasteiger partial charge in [0, 0.05) is 12.5 Å². The maximum Gasteiger partial charge on any atom is 0.0930 e. The third-order valence-electron chi connectivity index (χ3n) is 3.52. The van der Waals surface area contributed by atoms with Crippen LogP contribution in [-0.4, -0.2) is 36.2 Å². The summed E-state index contributed by atoms with van der Waals surface area (Å²) in [7, 11) is 4.10. The van der Waals surface area contributed by atoms with E-state index in [-0.39, 0.29) is 5.92 Å². The lowest BCUT2D eigenvalue weighted by Gasteiger charge is -2.38. The molecular formula is C16H29NO. The Balaban J connectivity index is 5.27. The van der Waals surface area contributed by atoms with Crippen LogP contribution in [0.15, 0.2) is 36.5 Å². The Morgan fingerprint density at radius 1 is 1.39 bits per heavy atom. The average Bonchev–Trinajstić information content (AvgIpc) is 2.36. The molecule has 0 bridgehead atoms. The Kier molecular flexibility index (Phi) is 7.88. The number of aliphatic hydroxyl groups is 1. The van der Waals surface area contributed by atoms with Crippen LogP contribution < -0.4 is 0 Å². The molecule has 0 aromatic carbocycles. The Bertz CT molecular complexity index is 304. The van der Waals surface area contributed by atoms with E-state index in [0.29, 0.717) is 0 Å². The van der Waals surface area contributed by atoms with Gasteiger partial charge < -0.3 is 10.0 Å². The number of nitrogens with zero attached hydrogens (tertiary/aromatic N) is 1. The average molecular weight is 251 g/mol. The number of allylic oxidation sites excluding steroid dienone is 3. The summed E-state index contributed by atoms with van der Waals surface area (Å²) in [5, 5.41) is 11.0. The lowest BCUT2D eigenvalue weighted by molar-refractivity contribution is 0.00359. The van der Waals surface area contributed by atoms with Crippen LogP contribution in [0.1, 0.15) is 33.6 Å². The first-order valence-electron chi connectivity index (χ1n) is 6.79. The third-order valence-corrected chi connectivity index (χ3v) is 3.52. The summed E-state index contributed by atoms with van der Waals surface area (Å²) in [6.45, 7) is 10.7. The second-order valence-corrected chi connectivity index (χ2v) is 4.98. The Morgan fingerprint density at radius 2 is 2.00 bits per heavy atom. The quantitative estimate of drug-likeness (QED) is 0.668. The zero-order valence-corrected chi connectivity index (χ0v) is 12.6. The molecule has 2 heteroatoms. The summed E-state index contributed by atoms with van der Waals surface area (Å²) in [5.74, 6) is 0.234. The fourth-order valence-electron chi connectivity index (χ4n) is 2.45. The molecule has 0 aliphatic rings. The van der Waals surface area contributed by atoms with Gasteiger partial charge in [0.2, 0.25) is 0 Å². The van der Waals surface area contributed by atoms with Crippen molar-refractivity contribution in [2.24, 2.45) is 5.92 Å². The van der Waals surface area contributed by atoms with Crippen molar-refractivity contribution < 1.29 is 5.11 Å². The highest BCUT2D eigenvalue weighted by Gasteiger charge is 2.36. The predicted octanol–water partition coefficient (Wildman–Crippen LogP) is 3.40. The minimum atomic E-state index is -0.757. The number of hydrogen-bond donors (Lipinski definition) is 1. The van der Waals surface area contributed by atoms with Gasteiger partial charge >= 0.3 is 0 Å². The summed E-state index contributed by atoms with van der Waals surface area (Å²) in [6, 6.07) is 0. The minimum absolute atomic E-state index is 0.234. The highest BCUT2D eigenvalue weighted by molar-refractivity contribution is 5.31. The molecular weight excluding hydrogens is 222 g/mol. The molecule has 0 unspecified atom stereocenters. The standard InChI is InChI=1S/C16H29NO/c1-7-11-12-14(8-2)16(18,10-4)15(9-3)13-17(5)6/h7-8,11-12,15,18H,1,9-10,13H2,2-6H3/b12-11-,14-8+/t15-,16+/m1/s1. The largest absolute Gasteiger partial charge is 0.385 e. The molecule has 0 amide bonds. The third kappa shape index (κ3) is 4.43. The van der Waals surface area contributed by atoms with E-state index in [1.54, 1.807) is 6.08 Å². The molecule has 0 fully saturated rings. The summed E-state index contributed by atoms with van der Waals surface area (Å²) in [4.78, 5) is 2.14. The Labute approximate surface area is 113 Å². The molecule has 2 atom stereocenters. The fourth-order valence-corrected chi connectivity index (χ4v) is 2.45. The molecule has 104 valence electrons. The van der Waals surface area contributed by atoms with Crippen molar-refractivity contribution in [2.75, 3.05) is 20.6 Å². The van der Waals surface area contributed by atoms with E-state index in [0.717, 1.165) is 25.0 Å². The second-order valence-electron chi connectivity index (χ2n) is 4.98. The molecule has 0 rings (SSSR count). The van der Waals surface area contributed by atoms with Crippen molar-refractivity contribution in [3.05, 3.63) is 36.5 Å². The zero-order valence-electron chi connectivity index (χ0n) is 12.6. The fraction of sp³-hybridized carbons (Fsp3) is 0.625. The normalized spacial score (nSPS) is 18.1. The predicted molar refractivity (Wildman–Crippen MR) is 80.7 cm³/mol. The van der Waals surface area contributed by atoms with Gasteiger partial charge in [0.1, 0.15) is 0 Å². The van der Waals surface area contributed by atoms with Crippen LogP contribution in [0, 0.1) is 5.92 Å². The van der Waals surface area contributed by atoms with Gasteiger partial charge in [0.25, 0.3) is 0 Å². The van der Waals surface area contributed by atoms with E-state index >= 15 is 0 Å². The highest BCUT2D eigenvalue weighted by atomic mass is 16.3. The lowest BCUT2D eigenvalue weighted by Crippen LogP contribution is -2.43. The topological polar surface area (TPSA) is 23.5 Å². The summed E-state index contributed by atoms with van der Waals surface area (Å²) >= 11 is 0. The van der Waals surface area contributed by atoms with Crippen molar-refractivity contribution in [1.29, 1.82) is 0 Å². The van der Waals surface area contributed by atoms with Crippen molar-refractivity contribution in [3.8, 4) is 0 Å². The summed E-state index contributed by atoms with van der Waals surface area (Å²) in [5.41, 5.74) is 0.228. The van der Waals surface area contributed by atoms with Crippen LogP contribution in [0.5, 0.6) is 0 Å². The summed E-state index contributed by atoms with van der Waals surface area (Å²) in [6.07, 6.45) is 9.28. The first-order chi connectivity index (χ1) is 8.46. The monoisotopic (exact) mass is 251 g/mol. The molecule has 0 aliphatic heterocycles. The highest BCUT2D eigenvalue weighted by Crippen LogP contribution is 2.33. The van der Waals surface area contributed by atoms with Gasteiger partial charge in [-0.15, -0.1) is 0 Å². The van der Waals surface area contributed by atoms with Gasteiger partial charge in [-0.1, -0.05) is 44.7 Å². The van der Waals surface area contributed by atoms with Crippen LogP contribution in [0.25, 0.3) is 0 Å². The molecule has 0 saturated carbocycles. The molecule has 0 radical (unpaired) electrons. The van der Waals surface area contributed by atoms with E-state index in [4.69, 9.17) is 0 Å². The van der Waals surface area contributed by atoms with E-state index in [2.05, 4.69) is 18.4 Å². The van der Waals surface area contributed by atoms with E-state index in [1.807, 2.05) is 46.2 Å². The van der Waals surface area contributed by atoms with Gasteiger partial charge in [-0.25, -0.2) is 0 Å². The molecule has 1 N–H and O–H groups in total. The van der Waals surface area contributed by atoms with Gasteiger partial charge in [0.05, 0.1) is 5.60 Å². The summed E-state index contributed by atoms with van der Waals surface area (Å²) < 4.78 is 0. The van der Waals surface area contributed by atoms with Gasteiger partial charge in [-0.05, 0) is 39.4 Å². The molecule has 18 heavy (non-hydrogen) atoms. The first kappa shape index (κ1) is 17.1. The van der Waals surface area contributed by atoms with Crippen LogP contribution in [0.2, 0.25) is 0 Å². The molecule has 2 nitrogen and oxygen atoms in total. The SMILES string of the molecule is C=C/C=C\C(=C/C)[C@@](O)(CC)[C@H](CC)CN(C)C. The van der Waals surface area contributed by atoms with Gasteiger partial charge in [-0.3, -0.25) is 0 Å². The van der Waals surface area contributed by atoms with Crippen molar-refractivity contribution in [2.45, 2.75) is 39.2 Å². The van der Waals surface area contributed by atoms with Crippen LogP contribution in [0.3, 0.4) is 0 Å². The zero-order chi connectivity index (χ0) is 14.2. The minimum Gasteiger partial charge on any atom is -0.385 e. The molecule has 0 spiro atoms. The number of rotatable bonds is 8. The van der Waals surface area contributed by atoms with E-state index < -0.39 is 5.60 Å². The van der Waals surface area contributed by atoms with E-state index in [1.165, 1.54) is 0 Å². The maximum atomic E-state index is 11.0. The molecule has 0 aliphatic carbocycles. The lowest BCUT2D eigenvalue weighted by atomic mass is 9.76. The first-order valence-corrected chi connectivity index (χ1v) is 6.79. The number of hydrogen-bond acceptors (Lipinski definition) is 2. The molecule has 0 saturated heterocycles. The van der Waals surface area contributed by atoms with Gasteiger partial charge in [0.15, 0.2) is 0 Å². The maximum absolute atomic E-state index is 11.0. The van der Waals surface area contributed by atoms with Crippen LogP contribution >= 0.6 is 0 Å². The molecule has 0 heterocycles. The van der Waals surface area contributed by atoms with Crippen LogP contribution in [0.4, 0.5) is 0 Å². The molecule has 0 aromatic heterocycles.